The summed E-state index contributed by atoms with van der Waals surface area (Å²) in [4.78, 5) is 0. The van der Waals surface area contributed by atoms with Gasteiger partial charge in [-0.3, -0.25) is 4.72 Å². The van der Waals surface area contributed by atoms with Crippen molar-refractivity contribution in [3.05, 3.63) is 41.2 Å². The lowest BCUT2D eigenvalue weighted by Gasteiger charge is -2.13. The molecule has 1 atom stereocenters. The maximum atomic E-state index is 12.4. The fourth-order valence-electron chi connectivity index (χ4n) is 2.86. The van der Waals surface area contributed by atoms with Crippen LogP contribution in [0, 0.1) is 0 Å². The number of rotatable bonds is 6. The third kappa shape index (κ3) is 3.74. The van der Waals surface area contributed by atoms with Crippen LogP contribution in [0.1, 0.15) is 25.5 Å². The van der Waals surface area contributed by atoms with Gasteiger partial charge >= 0.3 is 0 Å². The minimum absolute atomic E-state index is 0.0343. The molecule has 1 saturated heterocycles. The molecule has 24 heavy (non-hydrogen) atoms. The third-order valence-corrected chi connectivity index (χ3v) is 5.64. The first-order valence-electron chi connectivity index (χ1n) is 7.94. The van der Waals surface area contributed by atoms with E-state index in [1.807, 2.05) is 25.1 Å². The van der Waals surface area contributed by atoms with Crippen molar-refractivity contribution in [3.63, 3.8) is 0 Å². The van der Waals surface area contributed by atoms with Gasteiger partial charge in [-0.05, 0) is 31.4 Å². The summed E-state index contributed by atoms with van der Waals surface area (Å²) >= 11 is 6.23. The number of sulfonamides is 1. The van der Waals surface area contributed by atoms with Crippen LogP contribution in [-0.2, 0) is 21.2 Å². The van der Waals surface area contributed by atoms with E-state index in [0.29, 0.717) is 23.7 Å². The lowest BCUT2D eigenvalue weighted by molar-refractivity contribution is 0.127. The van der Waals surface area contributed by atoms with Gasteiger partial charge in [0.25, 0.3) is 0 Å². The van der Waals surface area contributed by atoms with Crippen molar-refractivity contribution in [1.82, 2.24) is 9.78 Å². The van der Waals surface area contributed by atoms with Gasteiger partial charge in [0.05, 0.1) is 40.1 Å². The first-order valence-corrected chi connectivity index (χ1v) is 9.97. The molecule has 8 heteroatoms. The van der Waals surface area contributed by atoms with Gasteiger partial charge in [-0.15, -0.1) is 0 Å². The van der Waals surface area contributed by atoms with Gasteiger partial charge in [0.1, 0.15) is 0 Å². The Bertz CT molecular complexity index is 814. The molecule has 1 aliphatic rings. The van der Waals surface area contributed by atoms with Gasteiger partial charge in [-0.1, -0.05) is 30.7 Å². The highest BCUT2D eigenvalue weighted by Crippen LogP contribution is 2.26. The Morgan fingerprint density at radius 2 is 2.21 bits per heavy atom. The summed E-state index contributed by atoms with van der Waals surface area (Å²) in [5, 5.41) is 4.87. The number of hydrogen-bond donors (Lipinski definition) is 1. The van der Waals surface area contributed by atoms with Gasteiger partial charge < -0.3 is 4.74 Å². The zero-order valence-corrected chi connectivity index (χ0v) is 15.0. The SMILES string of the molecule is CCc1c(NS(=O)(=O)CC2CCCO2)cnn1-c1ccccc1Cl. The number of benzene rings is 1. The van der Waals surface area contributed by atoms with Crippen LogP contribution in [0.3, 0.4) is 0 Å². The molecule has 1 fully saturated rings. The fraction of sp³-hybridized carbons (Fsp3) is 0.438. The van der Waals surface area contributed by atoms with Crippen LogP contribution in [0.4, 0.5) is 5.69 Å². The van der Waals surface area contributed by atoms with Gasteiger partial charge in [0.2, 0.25) is 10.0 Å². The average Bonchev–Trinajstić information content (AvgIpc) is 3.16. The molecule has 0 saturated carbocycles. The number of para-hydroxylation sites is 1. The molecule has 1 aliphatic heterocycles. The van der Waals surface area contributed by atoms with Gasteiger partial charge in [0.15, 0.2) is 0 Å². The molecular formula is C16H20ClN3O3S. The smallest absolute Gasteiger partial charge is 0.235 e. The lowest BCUT2D eigenvalue weighted by atomic mass is 10.2. The Morgan fingerprint density at radius 1 is 1.42 bits per heavy atom. The molecule has 0 aliphatic carbocycles. The predicted molar refractivity (Wildman–Crippen MR) is 94.3 cm³/mol. The number of aromatic nitrogens is 2. The quantitative estimate of drug-likeness (QED) is 0.849. The van der Waals surface area contributed by atoms with Crippen LogP contribution in [0.5, 0.6) is 0 Å². The van der Waals surface area contributed by atoms with Crippen molar-refractivity contribution in [2.45, 2.75) is 32.3 Å². The summed E-state index contributed by atoms with van der Waals surface area (Å²) < 4.78 is 34.5. The molecule has 0 amide bonds. The highest BCUT2D eigenvalue weighted by Gasteiger charge is 2.25. The third-order valence-electron chi connectivity index (χ3n) is 3.98. The Labute approximate surface area is 146 Å². The second-order valence-corrected chi connectivity index (χ2v) is 7.91. The normalized spacial score (nSPS) is 18.0. The van der Waals surface area contributed by atoms with Crippen LogP contribution >= 0.6 is 11.6 Å². The van der Waals surface area contributed by atoms with Gasteiger partial charge in [0, 0.05) is 6.61 Å². The first-order chi connectivity index (χ1) is 11.5. The van der Waals surface area contributed by atoms with Crippen LogP contribution in [0.25, 0.3) is 5.69 Å². The van der Waals surface area contributed by atoms with Crippen molar-refractivity contribution in [1.29, 1.82) is 0 Å². The topological polar surface area (TPSA) is 73.2 Å². The van der Waals surface area contributed by atoms with Crippen molar-refractivity contribution in [3.8, 4) is 5.69 Å². The van der Waals surface area contributed by atoms with E-state index in [-0.39, 0.29) is 11.9 Å². The Morgan fingerprint density at radius 3 is 2.88 bits per heavy atom. The Kier molecular flexibility index (Phi) is 5.12. The summed E-state index contributed by atoms with van der Waals surface area (Å²) in [7, 11) is -3.49. The maximum Gasteiger partial charge on any atom is 0.235 e. The second-order valence-electron chi connectivity index (χ2n) is 5.74. The highest BCUT2D eigenvalue weighted by molar-refractivity contribution is 7.92. The van der Waals surface area contributed by atoms with Crippen molar-refractivity contribution >= 4 is 27.3 Å². The molecule has 1 aromatic carbocycles. The molecule has 0 radical (unpaired) electrons. The standard InChI is InChI=1S/C16H20ClN3O3S/c1-2-15-14(19-24(21,22)11-12-6-5-9-23-12)10-18-20(15)16-8-4-3-7-13(16)17/h3-4,7-8,10,12,19H,2,5-6,9,11H2,1H3. The van der Waals surface area contributed by atoms with E-state index >= 15 is 0 Å². The summed E-state index contributed by atoms with van der Waals surface area (Å²) in [5.41, 5.74) is 1.97. The van der Waals surface area contributed by atoms with Crippen LogP contribution in [0.2, 0.25) is 5.02 Å². The monoisotopic (exact) mass is 369 g/mol. The largest absolute Gasteiger partial charge is 0.377 e. The number of anilines is 1. The van der Waals surface area contributed by atoms with Gasteiger partial charge in [-0.25, -0.2) is 13.1 Å². The fourth-order valence-corrected chi connectivity index (χ4v) is 4.42. The molecule has 1 N–H and O–H groups in total. The van der Waals surface area contributed by atoms with E-state index in [2.05, 4.69) is 9.82 Å². The molecule has 1 aromatic heterocycles. The molecule has 6 nitrogen and oxygen atoms in total. The minimum Gasteiger partial charge on any atom is -0.377 e. The van der Waals surface area contributed by atoms with E-state index in [1.54, 1.807) is 10.7 Å². The molecule has 0 bridgehead atoms. The van der Waals surface area contributed by atoms with E-state index in [4.69, 9.17) is 16.3 Å². The maximum absolute atomic E-state index is 12.4. The van der Waals surface area contributed by atoms with Crippen molar-refractivity contribution in [2.75, 3.05) is 17.1 Å². The molecule has 3 rings (SSSR count). The molecule has 2 heterocycles. The number of ether oxygens (including phenoxy) is 1. The Balaban J connectivity index is 1.85. The minimum atomic E-state index is -3.49. The summed E-state index contributed by atoms with van der Waals surface area (Å²) in [5.74, 6) is -0.0343. The lowest BCUT2D eigenvalue weighted by Crippen LogP contribution is -2.26. The van der Waals surface area contributed by atoms with E-state index in [9.17, 15) is 8.42 Å². The summed E-state index contributed by atoms with van der Waals surface area (Å²) in [6.45, 7) is 2.58. The van der Waals surface area contributed by atoms with Crippen molar-refractivity contribution < 1.29 is 13.2 Å². The predicted octanol–water partition coefficient (Wildman–Crippen LogP) is 3.01. The van der Waals surface area contributed by atoms with E-state index < -0.39 is 10.0 Å². The number of halogens is 1. The molecule has 2 aromatic rings. The number of hydrogen-bond acceptors (Lipinski definition) is 4. The molecular weight excluding hydrogens is 350 g/mol. The molecule has 0 spiro atoms. The first kappa shape index (κ1) is 17.3. The number of nitrogens with one attached hydrogen (secondary N) is 1. The van der Waals surface area contributed by atoms with Gasteiger partial charge in [-0.2, -0.15) is 5.10 Å². The van der Waals surface area contributed by atoms with Crippen LogP contribution < -0.4 is 4.72 Å². The average molecular weight is 370 g/mol. The number of nitrogens with zero attached hydrogens (tertiary/aromatic N) is 2. The van der Waals surface area contributed by atoms with Crippen LogP contribution in [0.15, 0.2) is 30.5 Å². The highest BCUT2D eigenvalue weighted by atomic mass is 35.5. The molecule has 130 valence electrons. The second kappa shape index (κ2) is 7.13. The van der Waals surface area contributed by atoms with Crippen LogP contribution in [-0.4, -0.2) is 36.7 Å². The summed E-state index contributed by atoms with van der Waals surface area (Å²) in [6.07, 6.45) is 3.59. The van der Waals surface area contributed by atoms with E-state index in [1.165, 1.54) is 6.20 Å². The Hall–Kier alpha value is -1.57. The zero-order valence-electron chi connectivity index (χ0n) is 13.4. The summed E-state index contributed by atoms with van der Waals surface area (Å²) in [6, 6.07) is 7.33. The van der Waals surface area contributed by atoms with E-state index in [0.717, 1.165) is 24.2 Å². The van der Waals surface area contributed by atoms with Crippen molar-refractivity contribution in [2.24, 2.45) is 0 Å². The zero-order chi connectivity index (χ0) is 17.2. The molecule has 1 unspecified atom stereocenters.